The van der Waals surface area contributed by atoms with Gasteiger partial charge in [-0.05, 0) is 54.7 Å². The maximum atomic E-state index is 14.5. The van der Waals surface area contributed by atoms with Crippen molar-refractivity contribution in [1.29, 1.82) is 0 Å². The third-order valence-corrected chi connectivity index (χ3v) is 8.80. The highest BCUT2D eigenvalue weighted by atomic mass is 35.5. The highest BCUT2D eigenvalue weighted by molar-refractivity contribution is 7.98. The number of halogens is 1. The molecular weight excluding hydrogens is 488 g/mol. The van der Waals surface area contributed by atoms with Crippen molar-refractivity contribution in [1.82, 2.24) is 9.55 Å². The molecule has 36 heavy (non-hydrogen) atoms. The molecule has 0 unspecified atom stereocenters. The number of thioether (sulfide) groups is 1. The molecule has 1 heterocycles. The minimum absolute atomic E-state index is 0.0447. The van der Waals surface area contributed by atoms with Crippen LogP contribution >= 0.6 is 23.4 Å². The van der Waals surface area contributed by atoms with Crippen LogP contribution in [0.5, 0.6) is 5.75 Å². The maximum Gasteiger partial charge on any atom is 0.263 e. The van der Waals surface area contributed by atoms with Gasteiger partial charge in [0.05, 0.1) is 24.1 Å². The standard InChI is InChI=1S/C30H27ClN2O2S/c1-35-24-9-6-8-23(17-24)33-28(34)26-27(32-29(33)36-19-20-11-13-22(31)14-12-20)25-10-3-2-7-21(25)18-30(26)15-4-5-16-30/h2-3,6-14,17H,4-5,15-16,18-19H2,1H3. The van der Waals surface area contributed by atoms with E-state index in [4.69, 9.17) is 21.3 Å². The molecule has 0 bridgehead atoms. The fourth-order valence-corrected chi connectivity index (χ4v) is 6.90. The minimum Gasteiger partial charge on any atom is -0.497 e. The van der Waals surface area contributed by atoms with E-state index in [2.05, 4.69) is 18.2 Å². The molecule has 1 saturated carbocycles. The molecule has 0 atom stereocenters. The van der Waals surface area contributed by atoms with Crippen LogP contribution in [-0.2, 0) is 17.6 Å². The van der Waals surface area contributed by atoms with E-state index in [1.54, 1.807) is 23.4 Å². The Morgan fingerprint density at radius 1 is 1.03 bits per heavy atom. The minimum atomic E-state index is -0.145. The number of hydrogen-bond acceptors (Lipinski definition) is 4. The average molecular weight is 515 g/mol. The average Bonchev–Trinajstić information content (AvgIpc) is 3.36. The first-order valence-electron chi connectivity index (χ1n) is 12.4. The van der Waals surface area contributed by atoms with Crippen LogP contribution in [0.25, 0.3) is 16.9 Å². The number of aromatic nitrogens is 2. The Balaban J connectivity index is 1.57. The second-order valence-electron chi connectivity index (χ2n) is 9.70. The summed E-state index contributed by atoms with van der Waals surface area (Å²) in [6.45, 7) is 0. The number of fused-ring (bicyclic) bond motifs is 4. The van der Waals surface area contributed by atoms with Crippen molar-refractivity contribution in [3.8, 4) is 22.7 Å². The molecule has 0 radical (unpaired) electrons. The van der Waals surface area contributed by atoms with Gasteiger partial charge in [-0.2, -0.15) is 0 Å². The molecule has 4 aromatic rings. The number of benzene rings is 3. The summed E-state index contributed by atoms with van der Waals surface area (Å²) in [5, 5.41) is 1.40. The lowest BCUT2D eigenvalue weighted by atomic mass is 9.68. The maximum absolute atomic E-state index is 14.5. The Labute approximate surface area is 220 Å². The van der Waals surface area contributed by atoms with E-state index in [0.29, 0.717) is 21.7 Å². The molecule has 0 N–H and O–H groups in total. The fourth-order valence-electron chi connectivity index (χ4n) is 5.81. The zero-order valence-electron chi connectivity index (χ0n) is 20.2. The fraction of sp³-hybridized carbons (Fsp3) is 0.267. The van der Waals surface area contributed by atoms with E-state index in [1.807, 2.05) is 54.6 Å². The Kier molecular flexibility index (Phi) is 6.14. The van der Waals surface area contributed by atoms with E-state index in [-0.39, 0.29) is 11.0 Å². The van der Waals surface area contributed by atoms with Crippen LogP contribution < -0.4 is 10.3 Å². The number of nitrogens with zero attached hydrogens (tertiary/aromatic N) is 2. The molecule has 0 saturated heterocycles. The molecule has 1 aromatic heterocycles. The quantitative estimate of drug-likeness (QED) is 0.208. The van der Waals surface area contributed by atoms with Crippen LogP contribution in [0.3, 0.4) is 0 Å². The molecule has 2 aliphatic rings. The second-order valence-corrected chi connectivity index (χ2v) is 11.1. The molecule has 182 valence electrons. The van der Waals surface area contributed by atoms with Crippen molar-refractivity contribution in [3.05, 3.63) is 105 Å². The summed E-state index contributed by atoms with van der Waals surface area (Å²) in [5.74, 6) is 1.39. The molecule has 1 spiro atoms. The van der Waals surface area contributed by atoms with Crippen molar-refractivity contribution in [2.24, 2.45) is 0 Å². The summed E-state index contributed by atoms with van der Waals surface area (Å²) in [7, 11) is 1.65. The molecule has 1 fully saturated rings. The van der Waals surface area contributed by atoms with Gasteiger partial charge in [-0.1, -0.05) is 78.7 Å². The van der Waals surface area contributed by atoms with E-state index in [1.165, 1.54) is 5.56 Å². The van der Waals surface area contributed by atoms with E-state index >= 15 is 0 Å². The first kappa shape index (κ1) is 23.4. The molecule has 4 nitrogen and oxygen atoms in total. The summed E-state index contributed by atoms with van der Waals surface area (Å²) in [6, 6.07) is 24.0. The van der Waals surface area contributed by atoms with Gasteiger partial charge in [-0.3, -0.25) is 9.36 Å². The lowest BCUT2D eigenvalue weighted by molar-refractivity contribution is 0.413. The molecule has 6 rings (SSSR count). The molecule has 2 aliphatic carbocycles. The number of methoxy groups -OCH3 is 1. The van der Waals surface area contributed by atoms with Gasteiger partial charge < -0.3 is 4.74 Å². The van der Waals surface area contributed by atoms with Crippen molar-refractivity contribution >= 4 is 23.4 Å². The summed E-state index contributed by atoms with van der Waals surface area (Å²) in [4.78, 5) is 19.8. The normalized spacial score (nSPS) is 15.5. The zero-order valence-corrected chi connectivity index (χ0v) is 21.7. The molecule has 0 amide bonds. The predicted octanol–water partition coefficient (Wildman–Crippen LogP) is 7.22. The zero-order chi connectivity index (χ0) is 24.7. The molecule has 0 aliphatic heterocycles. The van der Waals surface area contributed by atoms with Crippen LogP contribution in [0, 0.1) is 0 Å². The topological polar surface area (TPSA) is 44.1 Å². The Bertz CT molecular complexity index is 1490. The Hall–Kier alpha value is -3.02. The summed E-state index contributed by atoms with van der Waals surface area (Å²) in [5.41, 5.74) is 5.94. The van der Waals surface area contributed by atoms with Gasteiger partial charge in [0.1, 0.15) is 5.75 Å². The number of rotatable bonds is 5. The SMILES string of the molecule is COc1cccc(-n2c(SCc3ccc(Cl)cc3)nc3c(c2=O)C2(CCCC2)Cc2ccccc2-3)c1. The Morgan fingerprint density at radius 3 is 2.58 bits per heavy atom. The van der Waals surface area contributed by atoms with Gasteiger partial charge in [-0.25, -0.2) is 4.98 Å². The number of ether oxygens (including phenoxy) is 1. The Morgan fingerprint density at radius 2 is 1.81 bits per heavy atom. The van der Waals surface area contributed by atoms with Crippen LogP contribution in [0.4, 0.5) is 0 Å². The lowest BCUT2D eigenvalue weighted by Crippen LogP contribution is -2.40. The largest absolute Gasteiger partial charge is 0.497 e. The van der Waals surface area contributed by atoms with Crippen LogP contribution in [-0.4, -0.2) is 16.7 Å². The van der Waals surface area contributed by atoms with Crippen molar-refractivity contribution in [3.63, 3.8) is 0 Å². The van der Waals surface area contributed by atoms with Crippen molar-refractivity contribution in [2.75, 3.05) is 7.11 Å². The molecular formula is C30H27ClN2O2S. The van der Waals surface area contributed by atoms with Gasteiger partial charge in [-0.15, -0.1) is 0 Å². The predicted molar refractivity (Wildman–Crippen MR) is 147 cm³/mol. The van der Waals surface area contributed by atoms with Gasteiger partial charge in [0.15, 0.2) is 5.16 Å². The van der Waals surface area contributed by atoms with Gasteiger partial charge >= 0.3 is 0 Å². The highest BCUT2D eigenvalue weighted by Gasteiger charge is 2.44. The molecule has 3 aromatic carbocycles. The third-order valence-electron chi connectivity index (χ3n) is 7.54. The van der Waals surface area contributed by atoms with Crippen LogP contribution in [0.2, 0.25) is 5.02 Å². The second kappa shape index (κ2) is 9.45. The van der Waals surface area contributed by atoms with Crippen LogP contribution in [0.15, 0.2) is 82.7 Å². The van der Waals surface area contributed by atoms with Gasteiger partial charge in [0, 0.05) is 27.8 Å². The van der Waals surface area contributed by atoms with Crippen LogP contribution in [0.1, 0.15) is 42.4 Å². The smallest absolute Gasteiger partial charge is 0.263 e. The van der Waals surface area contributed by atoms with E-state index in [9.17, 15) is 4.79 Å². The third kappa shape index (κ3) is 4.04. The first-order chi connectivity index (χ1) is 17.6. The first-order valence-corrected chi connectivity index (χ1v) is 13.7. The van der Waals surface area contributed by atoms with Crippen molar-refractivity contribution in [2.45, 2.75) is 48.4 Å². The van der Waals surface area contributed by atoms with Gasteiger partial charge in [0.2, 0.25) is 0 Å². The summed E-state index contributed by atoms with van der Waals surface area (Å²) in [6.07, 6.45) is 5.25. The monoisotopic (exact) mass is 514 g/mol. The van der Waals surface area contributed by atoms with Gasteiger partial charge in [0.25, 0.3) is 5.56 Å². The summed E-state index contributed by atoms with van der Waals surface area (Å²) < 4.78 is 7.30. The van der Waals surface area contributed by atoms with Crippen molar-refractivity contribution < 1.29 is 4.74 Å². The molecule has 6 heteroatoms. The number of hydrogen-bond donors (Lipinski definition) is 0. The van der Waals surface area contributed by atoms with E-state index < -0.39 is 0 Å². The lowest BCUT2D eigenvalue weighted by Gasteiger charge is -2.36. The summed E-state index contributed by atoms with van der Waals surface area (Å²) >= 11 is 7.67. The highest BCUT2D eigenvalue weighted by Crippen LogP contribution is 2.50. The van der Waals surface area contributed by atoms with E-state index in [0.717, 1.165) is 60.2 Å².